The molecule has 1 aromatic carbocycles. The molecule has 0 amide bonds. The molecule has 1 aliphatic heterocycles. The fraction of sp³-hybridized carbons (Fsp3) is 0.250. The van der Waals surface area contributed by atoms with Crippen molar-refractivity contribution in [1.29, 1.82) is 0 Å². The van der Waals surface area contributed by atoms with Gasteiger partial charge in [-0.15, -0.1) is 0 Å². The second-order valence-corrected chi connectivity index (χ2v) is 6.90. The molecule has 2 atom stereocenters. The Hall–Kier alpha value is -3.54. The van der Waals surface area contributed by atoms with Crippen LogP contribution in [0.15, 0.2) is 77.1 Å². The average molecular weight is 404 g/mol. The standard InChI is InChI=1S/C24H24N2O4/c1-16-20(23(27)29-3)22(19-13-7-8-14-25-19)21(17(2)26-16)24(28)30-15-9-12-18-10-5-4-6-11-18/h4-14,20,22H,15H2,1-3H3. The number of carbonyl (C=O) groups excluding carboxylic acids is 2. The van der Waals surface area contributed by atoms with Gasteiger partial charge in [0.05, 0.1) is 18.6 Å². The molecule has 6 nitrogen and oxygen atoms in total. The number of carbonyl (C=O) groups is 2. The van der Waals surface area contributed by atoms with Crippen LogP contribution >= 0.6 is 0 Å². The Bertz CT molecular complexity index is 994. The monoisotopic (exact) mass is 404 g/mol. The molecule has 0 fully saturated rings. The summed E-state index contributed by atoms with van der Waals surface area (Å²) in [7, 11) is 1.32. The number of methoxy groups -OCH3 is 1. The number of nitrogens with zero attached hydrogens (tertiary/aromatic N) is 2. The number of allylic oxidation sites excluding steroid dienone is 1. The molecule has 2 heterocycles. The number of pyridine rings is 1. The van der Waals surface area contributed by atoms with Crippen LogP contribution in [0.1, 0.15) is 31.0 Å². The van der Waals surface area contributed by atoms with Crippen LogP contribution in [0.4, 0.5) is 0 Å². The van der Waals surface area contributed by atoms with E-state index in [1.807, 2.05) is 42.5 Å². The first kappa shape index (κ1) is 21.2. The molecule has 2 aromatic rings. The number of esters is 2. The summed E-state index contributed by atoms with van der Waals surface area (Å²) >= 11 is 0. The molecule has 0 saturated carbocycles. The summed E-state index contributed by atoms with van der Waals surface area (Å²) in [6.07, 6.45) is 5.28. The van der Waals surface area contributed by atoms with E-state index in [1.54, 1.807) is 38.3 Å². The van der Waals surface area contributed by atoms with E-state index >= 15 is 0 Å². The van der Waals surface area contributed by atoms with Crippen LogP contribution in [0, 0.1) is 5.92 Å². The quantitative estimate of drug-likeness (QED) is 0.681. The minimum atomic E-state index is -0.740. The molecule has 0 aliphatic carbocycles. The normalized spacial score (nSPS) is 18.8. The first-order valence-corrected chi connectivity index (χ1v) is 9.66. The minimum absolute atomic E-state index is 0.102. The van der Waals surface area contributed by atoms with Gasteiger partial charge in [-0.2, -0.15) is 0 Å². The van der Waals surface area contributed by atoms with E-state index in [4.69, 9.17) is 9.47 Å². The van der Waals surface area contributed by atoms with Gasteiger partial charge in [-0.05, 0) is 37.6 Å². The molecule has 30 heavy (non-hydrogen) atoms. The van der Waals surface area contributed by atoms with Gasteiger partial charge in [-0.3, -0.25) is 14.8 Å². The molecule has 3 rings (SSSR count). The Kier molecular flexibility index (Phi) is 6.91. The second kappa shape index (κ2) is 9.78. The van der Waals surface area contributed by atoms with Crippen LogP contribution in [0.5, 0.6) is 0 Å². The van der Waals surface area contributed by atoms with Gasteiger partial charge < -0.3 is 9.47 Å². The van der Waals surface area contributed by atoms with Crippen molar-refractivity contribution in [3.05, 3.63) is 83.3 Å². The molecule has 0 spiro atoms. The van der Waals surface area contributed by atoms with Crippen molar-refractivity contribution in [3.63, 3.8) is 0 Å². The maximum Gasteiger partial charge on any atom is 0.336 e. The zero-order valence-corrected chi connectivity index (χ0v) is 17.2. The van der Waals surface area contributed by atoms with Crippen molar-refractivity contribution < 1.29 is 19.1 Å². The second-order valence-electron chi connectivity index (χ2n) is 6.90. The maximum atomic E-state index is 13.0. The Labute approximate surface area is 176 Å². The number of rotatable bonds is 6. The van der Waals surface area contributed by atoms with Crippen LogP contribution in [-0.4, -0.2) is 36.4 Å². The van der Waals surface area contributed by atoms with Crippen LogP contribution < -0.4 is 0 Å². The molecular weight excluding hydrogens is 380 g/mol. The SMILES string of the molecule is COC(=O)C1C(C)=NC(C)=C(C(=O)OCC=Cc2ccccc2)C1c1ccccn1. The van der Waals surface area contributed by atoms with E-state index in [0.717, 1.165) is 5.56 Å². The molecule has 6 heteroatoms. The Morgan fingerprint density at radius 2 is 1.80 bits per heavy atom. The topological polar surface area (TPSA) is 77.8 Å². The largest absolute Gasteiger partial charge is 0.468 e. The van der Waals surface area contributed by atoms with E-state index in [0.29, 0.717) is 22.7 Å². The maximum absolute atomic E-state index is 13.0. The summed E-state index contributed by atoms with van der Waals surface area (Å²) in [6, 6.07) is 15.1. The van der Waals surface area contributed by atoms with E-state index in [9.17, 15) is 9.59 Å². The van der Waals surface area contributed by atoms with E-state index in [2.05, 4.69) is 9.98 Å². The molecule has 1 aromatic heterocycles. The highest BCUT2D eigenvalue weighted by Crippen LogP contribution is 2.39. The first-order valence-electron chi connectivity index (χ1n) is 9.66. The predicted molar refractivity (Wildman–Crippen MR) is 115 cm³/mol. The smallest absolute Gasteiger partial charge is 0.336 e. The summed E-state index contributed by atoms with van der Waals surface area (Å²) in [5.74, 6) is -2.35. The summed E-state index contributed by atoms with van der Waals surface area (Å²) in [4.78, 5) is 34.4. The molecule has 2 unspecified atom stereocenters. The van der Waals surface area contributed by atoms with Gasteiger partial charge in [0.2, 0.25) is 0 Å². The lowest BCUT2D eigenvalue weighted by molar-refractivity contribution is -0.144. The predicted octanol–water partition coefficient (Wildman–Crippen LogP) is 3.96. The zero-order chi connectivity index (χ0) is 21.5. The third-order valence-electron chi connectivity index (χ3n) is 4.93. The van der Waals surface area contributed by atoms with Crippen LogP contribution in [-0.2, 0) is 19.1 Å². The lowest BCUT2D eigenvalue weighted by atomic mass is 9.77. The number of hydrogen-bond acceptors (Lipinski definition) is 6. The fourth-order valence-electron chi connectivity index (χ4n) is 3.56. The molecule has 0 saturated heterocycles. The lowest BCUT2D eigenvalue weighted by Crippen LogP contribution is -2.36. The zero-order valence-electron chi connectivity index (χ0n) is 17.2. The summed E-state index contributed by atoms with van der Waals surface area (Å²) in [5, 5.41) is 0. The minimum Gasteiger partial charge on any atom is -0.468 e. The summed E-state index contributed by atoms with van der Waals surface area (Å²) in [5.41, 5.74) is 3.02. The van der Waals surface area contributed by atoms with Crippen molar-refractivity contribution in [2.75, 3.05) is 13.7 Å². The van der Waals surface area contributed by atoms with Crippen molar-refractivity contribution >= 4 is 23.7 Å². The molecule has 1 aliphatic rings. The summed E-state index contributed by atoms with van der Waals surface area (Å²) in [6.45, 7) is 3.60. The average Bonchev–Trinajstić information content (AvgIpc) is 2.77. The summed E-state index contributed by atoms with van der Waals surface area (Å²) < 4.78 is 10.5. The number of ether oxygens (including phenoxy) is 2. The molecule has 154 valence electrons. The highest BCUT2D eigenvalue weighted by molar-refractivity contribution is 6.06. The molecule has 0 N–H and O–H groups in total. The van der Waals surface area contributed by atoms with Crippen LogP contribution in [0.3, 0.4) is 0 Å². The van der Waals surface area contributed by atoms with Gasteiger partial charge in [0, 0.05) is 23.3 Å². The number of aliphatic imine (C=N–C) groups is 1. The molecular formula is C24H24N2O4. The Morgan fingerprint density at radius 1 is 1.07 bits per heavy atom. The fourth-order valence-corrected chi connectivity index (χ4v) is 3.56. The number of aromatic nitrogens is 1. The van der Waals surface area contributed by atoms with Gasteiger partial charge in [-0.1, -0.05) is 42.5 Å². The lowest BCUT2D eigenvalue weighted by Gasteiger charge is -2.30. The van der Waals surface area contributed by atoms with E-state index in [1.165, 1.54) is 7.11 Å². The van der Waals surface area contributed by atoms with E-state index in [-0.39, 0.29) is 6.61 Å². The number of hydrogen-bond donors (Lipinski definition) is 0. The highest BCUT2D eigenvalue weighted by atomic mass is 16.5. The third kappa shape index (κ3) is 4.71. The van der Waals surface area contributed by atoms with Crippen molar-refractivity contribution in [2.45, 2.75) is 19.8 Å². The van der Waals surface area contributed by atoms with Gasteiger partial charge in [0.1, 0.15) is 12.5 Å². The van der Waals surface area contributed by atoms with Gasteiger partial charge in [-0.25, -0.2) is 4.79 Å². The van der Waals surface area contributed by atoms with Gasteiger partial charge >= 0.3 is 11.9 Å². The Balaban J connectivity index is 1.87. The van der Waals surface area contributed by atoms with E-state index < -0.39 is 23.8 Å². The van der Waals surface area contributed by atoms with Gasteiger partial charge in [0.15, 0.2) is 0 Å². The first-order chi connectivity index (χ1) is 14.5. The number of benzene rings is 1. The van der Waals surface area contributed by atoms with Crippen molar-refractivity contribution in [3.8, 4) is 0 Å². The Morgan fingerprint density at radius 3 is 2.47 bits per heavy atom. The van der Waals surface area contributed by atoms with Crippen LogP contribution in [0.2, 0.25) is 0 Å². The molecule has 0 radical (unpaired) electrons. The molecule has 0 bridgehead atoms. The van der Waals surface area contributed by atoms with Gasteiger partial charge in [0.25, 0.3) is 0 Å². The van der Waals surface area contributed by atoms with Crippen molar-refractivity contribution in [1.82, 2.24) is 4.98 Å². The highest BCUT2D eigenvalue weighted by Gasteiger charge is 2.42. The van der Waals surface area contributed by atoms with Crippen LogP contribution in [0.25, 0.3) is 6.08 Å². The third-order valence-corrected chi connectivity index (χ3v) is 4.93. The van der Waals surface area contributed by atoms with Crippen molar-refractivity contribution in [2.24, 2.45) is 10.9 Å².